The van der Waals surface area contributed by atoms with E-state index in [1.54, 1.807) is 0 Å². The average molecular weight is 274 g/mol. The van der Waals surface area contributed by atoms with Crippen LogP contribution >= 0.6 is 0 Å². The fourth-order valence-electron chi connectivity index (χ4n) is 2.68. The van der Waals surface area contributed by atoms with E-state index in [0.29, 0.717) is 18.3 Å². The molecule has 1 aromatic carbocycles. The zero-order chi connectivity index (χ0) is 14.4. The molecule has 3 heteroatoms. The van der Waals surface area contributed by atoms with Crippen molar-refractivity contribution in [2.24, 2.45) is 5.92 Å². The molecule has 0 aliphatic carbocycles. The molecule has 0 aromatic heterocycles. The highest BCUT2D eigenvalue weighted by Gasteiger charge is 2.14. The quantitative estimate of drug-likeness (QED) is 0.862. The summed E-state index contributed by atoms with van der Waals surface area (Å²) in [5, 5.41) is 6.38. The lowest BCUT2D eigenvalue weighted by Gasteiger charge is -2.22. The SMILES string of the molecule is CC(C)c1ccc(NC(=O)CCC2CCCNC2)cc1. The summed E-state index contributed by atoms with van der Waals surface area (Å²) in [6.45, 7) is 6.54. The summed E-state index contributed by atoms with van der Waals surface area (Å²) < 4.78 is 0. The van der Waals surface area contributed by atoms with Gasteiger partial charge < -0.3 is 10.6 Å². The van der Waals surface area contributed by atoms with Crippen LogP contribution in [0.5, 0.6) is 0 Å². The Morgan fingerprint density at radius 3 is 2.70 bits per heavy atom. The number of nitrogens with one attached hydrogen (secondary N) is 2. The Kier molecular flexibility index (Phi) is 5.60. The van der Waals surface area contributed by atoms with Crippen LogP contribution in [0.2, 0.25) is 0 Å². The standard InChI is InChI=1S/C17H26N2O/c1-13(2)15-6-8-16(9-7-15)19-17(20)10-5-14-4-3-11-18-12-14/h6-9,13-14,18H,3-5,10-12H2,1-2H3,(H,19,20). The summed E-state index contributed by atoms with van der Waals surface area (Å²) in [4.78, 5) is 11.9. The molecule has 0 radical (unpaired) electrons. The predicted octanol–water partition coefficient (Wildman–Crippen LogP) is 3.53. The van der Waals surface area contributed by atoms with E-state index in [4.69, 9.17) is 0 Å². The van der Waals surface area contributed by atoms with Gasteiger partial charge in [0.15, 0.2) is 0 Å². The molecule has 2 rings (SSSR count). The van der Waals surface area contributed by atoms with Crippen molar-refractivity contribution in [1.82, 2.24) is 5.32 Å². The summed E-state index contributed by atoms with van der Waals surface area (Å²) >= 11 is 0. The van der Waals surface area contributed by atoms with Gasteiger partial charge in [0.25, 0.3) is 0 Å². The number of rotatable bonds is 5. The second kappa shape index (κ2) is 7.44. The summed E-state index contributed by atoms with van der Waals surface area (Å²) in [6, 6.07) is 8.17. The number of piperidine rings is 1. The van der Waals surface area contributed by atoms with E-state index in [1.165, 1.54) is 18.4 Å². The molecule has 1 amide bonds. The Balaban J connectivity index is 1.75. The number of carbonyl (C=O) groups is 1. The Labute approximate surface area is 122 Å². The fourth-order valence-corrected chi connectivity index (χ4v) is 2.68. The van der Waals surface area contributed by atoms with Gasteiger partial charge in [0, 0.05) is 12.1 Å². The van der Waals surface area contributed by atoms with Crippen LogP contribution in [-0.4, -0.2) is 19.0 Å². The third-order valence-corrected chi connectivity index (χ3v) is 4.04. The van der Waals surface area contributed by atoms with E-state index >= 15 is 0 Å². The van der Waals surface area contributed by atoms with Gasteiger partial charge in [-0.1, -0.05) is 26.0 Å². The van der Waals surface area contributed by atoms with Gasteiger partial charge in [-0.05, 0) is 61.9 Å². The van der Waals surface area contributed by atoms with Gasteiger partial charge in [-0.25, -0.2) is 0 Å². The summed E-state index contributed by atoms with van der Waals surface area (Å²) in [7, 11) is 0. The van der Waals surface area contributed by atoms with Crippen molar-refractivity contribution in [3.8, 4) is 0 Å². The van der Waals surface area contributed by atoms with E-state index < -0.39 is 0 Å². The summed E-state index contributed by atoms with van der Waals surface area (Å²) in [6.07, 6.45) is 4.10. The Bertz CT molecular complexity index is 419. The lowest BCUT2D eigenvalue weighted by atomic mass is 9.94. The fraction of sp³-hybridized carbons (Fsp3) is 0.588. The minimum atomic E-state index is 0.132. The second-order valence-electron chi connectivity index (χ2n) is 6.08. The molecule has 3 nitrogen and oxygen atoms in total. The van der Waals surface area contributed by atoms with Crippen molar-refractivity contribution >= 4 is 11.6 Å². The molecule has 1 heterocycles. The molecule has 1 aromatic rings. The van der Waals surface area contributed by atoms with Crippen molar-refractivity contribution in [3.63, 3.8) is 0 Å². The van der Waals surface area contributed by atoms with Crippen LogP contribution in [0.15, 0.2) is 24.3 Å². The first-order chi connectivity index (χ1) is 9.65. The molecule has 110 valence electrons. The minimum absolute atomic E-state index is 0.132. The van der Waals surface area contributed by atoms with E-state index in [2.05, 4.69) is 36.6 Å². The molecule has 0 bridgehead atoms. The first-order valence-electron chi connectivity index (χ1n) is 7.75. The third-order valence-electron chi connectivity index (χ3n) is 4.04. The maximum Gasteiger partial charge on any atom is 0.224 e. The third kappa shape index (κ3) is 4.64. The van der Waals surface area contributed by atoms with E-state index in [1.807, 2.05) is 12.1 Å². The topological polar surface area (TPSA) is 41.1 Å². The smallest absolute Gasteiger partial charge is 0.224 e. The Hall–Kier alpha value is -1.35. The van der Waals surface area contributed by atoms with Crippen molar-refractivity contribution < 1.29 is 4.79 Å². The zero-order valence-corrected chi connectivity index (χ0v) is 12.6. The maximum absolute atomic E-state index is 11.9. The van der Waals surface area contributed by atoms with Gasteiger partial charge in [0.1, 0.15) is 0 Å². The highest BCUT2D eigenvalue weighted by molar-refractivity contribution is 5.90. The Morgan fingerprint density at radius 2 is 2.10 bits per heavy atom. The average Bonchev–Trinajstić information content (AvgIpc) is 2.47. The number of carbonyl (C=O) groups excluding carboxylic acids is 1. The maximum atomic E-state index is 11.9. The van der Waals surface area contributed by atoms with Crippen LogP contribution in [0.3, 0.4) is 0 Å². The molecule has 2 N–H and O–H groups in total. The lowest BCUT2D eigenvalue weighted by Crippen LogP contribution is -2.30. The number of hydrogen-bond donors (Lipinski definition) is 2. The first-order valence-corrected chi connectivity index (χ1v) is 7.75. The van der Waals surface area contributed by atoms with E-state index in [9.17, 15) is 4.79 Å². The largest absolute Gasteiger partial charge is 0.326 e. The van der Waals surface area contributed by atoms with Crippen LogP contribution < -0.4 is 10.6 Å². The molecule has 1 atom stereocenters. The lowest BCUT2D eigenvalue weighted by molar-refractivity contribution is -0.116. The van der Waals surface area contributed by atoms with Crippen molar-refractivity contribution in [2.45, 2.75) is 45.4 Å². The minimum Gasteiger partial charge on any atom is -0.326 e. The molecular formula is C17H26N2O. The monoisotopic (exact) mass is 274 g/mol. The van der Waals surface area contributed by atoms with E-state index in [0.717, 1.165) is 25.2 Å². The van der Waals surface area contributed by atoms with Crippen LogP contribution in [0.4, 0.5) is 5.69 Å². The van der Waals surface area contributed by atoms with Crippen LogP contribution in [0.1, 0.15) is 51.0 Å². The molecule has 1 saturated heterocycles. The van der Waals surface area contributed by atoms with Gasteiger partial charge in [-0.3, -0.25) is 4.79 Å². The van der Waals surface area contributed by atoms with Crippen molar-refractivity contribution in [2.75, 3.05) is 18.4 Å². The van der Waals surface area contributed by atoms with Gasteiger partial charge in [-0.15, -0.1) is 0 Å². The molecular weight excluding hydrogens is 248 g/mol. The highest BCUT2D eigenvalue weighted by atomic mass is 16.1. The van der Waals surface area contributed by atoms with Crippen LogP contribution in [0.25, 0.3) is 0 Å². The second-order valence-corrected chi connectivity index (χ2v) is 6.08. The number of amides is 1. The molecule has 1 fully saturated rings. The molecule has 0 spiro atoms. The molecule has 1 aliphatic rings. The van der Waals surface area contributed by atoms with E-state index in [-0.39, 0.29) is 5.91 Å². The number of benzene rings is 1. The molecule has 20 heavy (non-hydrogen) atoms. The summed E-state index contributed by atoms with van der Waals surface area (Å²) in [5.74, 6) is 1.32. The molecule has 0 saturated carbocycles. The Morgan fingerprint density at radius 1 is 1.35 bits per heavy atom. The van der Waals surface area contributed by atoms with Gasteiger partial charge >= 0.3 is 0 Å². The highest BCUT2D eigenvalue weighted by Crippen LogP contribution is 2.19. The molecule has 1 unspecified atom stereocenters. The number of anilines is 1. The van der Waals surface area contributed by atoms with Gasteiger partial charge in [0.05, 0.1) is 0 Å². The zero-order valence-electron chi connectivity index (χ0n) is 12.6. The summed E-state index contributed by atoms with van der Waals surface area (Å²) in [5.41, 5.74) is 2.21. The van der Waals surface area contributed by atoms with Crippen LogP contribution in [0, 0.1) is 5.92 Å². The van der Waals surface area contributed by atoms with Crippen LogP contribution in [-0.2, 0) is 4.79 Å². The molecule has 1 aliphatic heterocycles. The van der Waals surface area contributed by atoms with Gasteiger partial charge in [0.2, 0.25) is 5.91 Å². The predicted molar refractivity (Wildman–Crippen MR) is 84.0 cm³/mol. The normalized spacial score (nSPS) is 19.1. The first kappa shape index (κ1) is 15.0. The van der Waals surface area contributed by atoms with Crippen molar-refractivity contribution in [1.29, 1.82) is 0 Å². The van der Waals surface area contributed by atoms with Gasteiger partial charge in [-0.2, -0.15) is 0 Å². The number of hydrogen-bond acceptors (Lipinski definition) is 2. The van der Waals surface area contributed by atoms with Crippen molar-refractivity contribution in [3.05, 3.63) is 29.8 Å².